The summed E-state index contributed by atoms with van der Waals surface area (Å²) in [5, 5.41) is 4.67. The predicted molar refractivity (Wildman–Crippen MR) is 88.3 cm³/mol. The van der Waals surface area contributed by atoms with Gasteiger partial charge in [0.05, 0.1) is 0 Å². The Labute approximate surface area is 123 Å². The number of nitrogens with one attached hydrogen (secondary N) is 1. The van der Waals surface area contributed by atoms with Crippen LogP contribution < -0.4 is 5.32 Å². The van der Waals surface area contributed by atoms with E-state index in [1.807, 2.05) is 7.05 Å². The van der Waals surface area contributed by atoms with Gasteiger partial charge in [0.15, 0.2) is 0 Å². The average molecular weight is 272 g/mol. The number of para-hydroxylation sites is 1. The van der Waals surface area contributed by atoms with Crippen LogP contribution in [0.3, 0.4) is 0 Å². The van der Waals surface area contributed by atoms with E-state index >= 15 is 0 Å². The van der Waals surface area contributed by atoms with Crippen molar-refractivity contribution in [1.29, 1.82) is 0 Å². The molecule has 0 saturated carbocycles. The number of benzene rings is 1. The zero-order valence-corrected chi connectivity index (χ0v) is 13.2. The molecule has 1 unspecified atom stereocenters. The van der Waals surface area contributed by atoms with E-state index in [2.05, 4.69) is 54.2 Å². The lowest BCUT2D eigenvalue weighted by Crippen LogP contribution is -2.08. The van der Waals surface area contributed by atoms with E-state index in [1.165, 1.54) is 35.7 Å². The van der Waals surface area contributed by atoms with Crippen LogP contribution in [0.5, 0.6) is 0 Å². The number of aryl methyl sites for hydroxylation is 1. The topological polar surface area (TPSA) is 17.0 Å². The molecule has 0 spiro atoms. The van der Waals surface area contributed by atoms with Crippen LogP contribution in [0.2, 0.25) is 0 Å². The Kier molecular flexibility index (Phi) is 5.66. The van der Waals surface area contributed by atoms with Gasteiger partial charge in [-0.1, -0.05) is 38.5 Å². The largest absolute Gasteiger partial charge is 0.347 e. The highest BCUT2D eigenvalue weighted by Crippen LogP contribution is 2.24. The van der Waals surface area contributed by atoms with Crippen LogP contribution in [0.4, 0.5) is 0 Å². The molecule has 0 aliphatic rings. The molecule has 20 heavy (non-hydrogen) atoms. The molecule has 2 rings (SSSR count). The SMILES string of the molecule is CCCC(C)Cn1cc(CCCNC)c2ccccc21. The summed E-state index contributed by atoms with van der Waals surface area (Å²) in [7, 11) is 2.02. The fraction of sp³-hybridized carbons (Fsp3) is 0.556. The molecule has 1 aromatic carbocycles. The van der Waals surface area contributed by atoms with Gasteiger partial charge in [0.25, 0.3) is 0 Å². The molecular weight excluding hydrogens is 244 g/mol. The van der Waals surface area contributed by atoms with Crippen molar-refractivity contribution in [2.24, 2.45) is 5.92 Å². The van der Waals surface area contributed by atoms with Crippen LogP contribution in [0.15, 0.2) is 30.5 Å². The molecule has 0 radical (unpaired) electrons. The third-order valence-electron chi connectivity index (χ3n) is 4.03. The van der Waals surface area contributed by atoms with Crippen molar-refractivity contribution >= 4 is 10.9 Å². The zero-order chi connectivity index (χ0) is 14.4. The van der Waals surface area contributed by atoms with Gasteiger partial charge in [-0.3, -0.25) is 0 Å². The Hall–Kier alpha value is -1.28. The summed E-state index contributed by atoms with van der Waals surface area (Å²) >= 11 is 0. The maximum Gasteiger partial charge on any atom is 0.0483 e. The minimum absolute atomic E-state index is 0.751. The lowest BCUT2D eigenvalue weighted by Gasteiger charge is -2.12. The third-order valence-corrected chi connectivity index (χ3v) is 4.03. The van der Waals surface area contributed by atoms with E-state index in [0.29, 0.717) is 0 Å². The van der Waals surface area contributed by atoms with E-state index in [1.54, 1.807) is 0 Å². The van der Waals surface area contributed by atoms with Crippen LogP contribution >= 0.6 is 0 Å². The highest BCUT2D eigenvalue weighted by molar-refractivity contribution is 5.84. The van der Waals surface area contributed by atoms with E-state index in [9.17, 15) is 0 Å². The molecule has 0 amide bonds. The van der Waals surface area contributed by atoms with Crippen LogP contribution in [-0.4, -0.2) is 18.2 Å². The number of aromatic nitrogens is 1. The summed E-state index contributed by atoms with van der Waals surface area (Å²) in [4.78, 5) is 0. The van der Waals surface area contributed by atoms with Gasteiger partial charge in [-0.25, -0.2) is 0 Å². The van der Waals surface area contributed by atoms with E-state index in [-0.39, 0.29) is 0 Å². The fourth-order valence-electron chi connectivity index (χ4n) is 3.05. The first-order valence-electron chi connectivity index (χ1n) is 7.97. The molecule has 1 atom stereocenters. The van der Waals surface area contributed by atoms with E-state index in [4.69, 9.17) is 0 Å². The van der Waals surface area contributed by atoms with Gasteiger partial charge in [0.2, 0.25) is 0 Å². The Morgan fingerprint density at radius 1 is 1.25 bits per heavy atom. The van der Waals surface area contributed by atoms with Crippen molar-refractivity contribution in [1.82, 2.24) is 9.88 Å². The molecule has 2 heteroatoms. The zero-order valence-electron chi connectivity index (χ0n) is 13.2. The van der Waals surface area contributed by atoms with Crippen molar-refractivity contribution in [3.63, 3.8) is 0 Å². The molecule has 0 fully saturated rings. The summed E-state index contributed by atoms with van der Waals surface area (Å²) in [6, 6.07) is 8.84. The third kappa shape index (κ3) is 3.63. The van der Waals surface area contributed by atoms with Crippen LogP contribution in [-0.2, 0) is 13.0 Å². The summed E-state index contributed by atoms with van der Waals surface area (Å²) in [5.41, 5.74) is 2.90. The highest BCUT2D eigenvalue weighted by Gasteiger charge is 2.10. The standard InChI is InChI=1S/C18H28N2/c1-4-8-15(2)13-20-14-16(9-7-12-19-3)17-10-5-6-11-18(17)20/h5-6,10-11,14-15,19H,4,7-9,12-13H2,1-3H3. The summed E-state index contributed by atoms with van der Waals surface area (Å²) in [6.45, 7) is 6.86. The van der Waals surface area contributed by atoms with Crippen LogP contribution in [0.1, 0.15) is 38.7 Å². The van der Waals surface area contributed by atoms with Gasteiger partial charge >= 0.3 is 0 Å². The normalized spacial score (nSPS) is 12.9. The second-order valence-electron chi connectivity index (χ2n) is 5.92. The highest BCUT2D eigenvalue weighted by atomic mass is 15.0. The number of fused-ring (bicyclic) bond motifs is 1. The number of rotatable bonds is 8. The van der Waals surface area contributed by atoms with Crippen molar-refractivity contribution < 1.29 is 0 Å². The van der Waals surface area contributed by atoms with Crippen LogP contribution in [0, 0.1) is 5.92 Å². The average Bonchev–Trinajstić information content (AvgIpc) is 2.78. The van der Waals surface area contributed by atoms with Crippen molar-refractivity contribution in [3.05, 3.63) is 36.0 Å². The Bertz CT molecular complexity index is 527. The quantitative estimate of drug-likeness (QED) is 0.712. The molecule has 0 aliphatic carbocycles. The lowest BCUT2D eigenvalue weighted by molar-refractivity contribution is 0.453. The first kappa shape index (κ1) is 15.1. The lowest BCUT2D eigenvalue weighted by atomic mass is 10.1. The monoisotopic (exact) mass is 272 g/mol. The molecule has 0 bridgehead atoms. The Morgan fingerprint density at radius 2 is 2.05 bits per heavy atom. The number of nitrogens with zero attached hydrogens (tertiary/aromatic N) is 1. The minimum atomic E-state index is 0.751. The maximum atomic E-state index is 3.23. The molecule has 0 aliphatic heterocycles. The summed E-state index contributed by atoms with van der Waals surface area (Å²) in [5.74, 6) is 0.751. The van der Waals surface area contributed by atoms with E-state index in [0.717, 1.165) is 25.4 Å². The number of hydrogen-bond donors (Lipinski definition) is 1. The van der Waals surface area contributed by atoms with Crippen molar-refractivity contribution in [2.45, 2.75) is 46.1 Å². The first-order chi connectivity index (χ1) is 9.76. The molecule has 2 aromatic rings. The molecular formula is C18H28N2. The predicted octanol–water partition coefficient (Wildman–Crippen LogP) is 4.23. The van der Waals surface area contributed by atoms with Crippen LogP contribution in [0.25, 0.3) is 10.9 Å². The Morgan fingerprint density at radius 3 is 2.80 bits per heavy atom. The van der Waals surface area contributed by atoms with E-state index < -0.39 is 0 Å². The number of hydrogen-bond acceptors (Lipinski definition) is 1. The summed E-state index contributed by atoms with van der Waals surface area (Å²) < 4.78 is 2.46. The maximum absolute atomic E-state index is 3.23. The van der Waals surface area contributed by atoms with Crippen molar-refractivity contribution in [3.8, 4) is 0 Å². The fourth-order valence-corrected chi connectivity index (χ4v) is 3.05. The molecule has 1 N–H and O–H groups in total. The molecule has 1 aromatic heterocycles. The molecule has 0 saturated heterocycles. The summed E-state index contributed by atoms with van der Waals surface area (Å²) in [6.07, 6.45) is 7.33. The van der Waals surface area contributed by atoms with Gasteiger partial charge in [-0.05, 0) is 50.4 Å². The van der Waals surface area contributed by atoms with Gasteiger partial charge in [0, 0.05) is 23.6 Å². The van der Waals surface area contributed by atoms with Gasteiger partial charge < -0.3 is 9.88 Å². The van der Waals surface area contributed by atoms with Gasteiger partial charge in [-0.2, -0.15) is 0 Å². The second-order valence-corrected chi connectivity index (χ2v) is 5.92. The van der Waals surface area contributed by atoms with Gasteiger partial charge in [0.1, 0.15) is 0 Å². The van der Waals surface area contributed by atoms with Crippen molar-refractivity contribution in [2.75, 3.05) is 13.6 Å². The van der Waals surface area contributed by atoms with Gasteiger partial charge in [-0.15, -0.1) is 0 Å². The first-order valence-corrected chi connectivity index (χ1v) is 7.97. The Balaban J connectivity index is 2.21. The molecule has 1 heterocycles. The minimum Gasteiger partial charge on any atom is -0.347 e. The second kappa shape index (κ2) is 7.49. The smallest absolute Gasteiger partial charge is 0.0483 e. The molecule has 110 valence electrons. The molecule has 2 nitrogen and oxygen atoms in total.